The fourth-order valence-corrected chi connectivity index (χ4v) is 2.34. The molecule has 0 amide bonds. The smallest absolute Gasteiger partial charge is 0.0388 e. The Kier molecular flexibility index (Phi) is 9.55. The van der Waals surface area contributed by atoms with Crippen LogP contribution in [0.25, 0.3) is 0 Å². The topological polar surface area (TPSA) is 0 Å². The van der Waals surface area contributed by atoms with E-state index in [1.165, 1.54) is 51.4 Å². The van der Waals surface area contributed by atoms with Crippen LogP contribution < -0.4 is 0 Å². The Balaban J connectivity index is 3.81. The molecule has 0 N–H and O–H groups in total. The summed E-state index contributed by atoms with van der Waals surface area (Å²) in [5.41, 5.74) is 0. The highest BCUT2D eigenvalue weighted by molar-refractivity contribution is 4.66. The lowest BCUT2D eigenvalue weighted by atomic mass is 9.83. The molecule has 0 aromatic carbocycles. The van der Waals surface area contributed by atoms with Crippen molar-refractivity contribution in [2.45, 2.75) is 79.1 Å². The molecule has 86 valence electrons. The van der Waals surface area contributed by atoms with Gasteiger partial charge in [0.05, 0.1) is 0 Å². The first-order valence-corrected chi connectivity index (χ1v) is 6.76. The van der Waals surface area contributed by atoms with Crippen molar-refractivity contribution in [2.24, 2.45) is 11.8 Å². The lowest BCUT2D eigenvalue weighted by Gasteiger charge is -2.23. The highest BCUT2D eigenvalue weighted by Crippen LogP contribution is 2.27. The van der Waals surface area contributed by atoms with Crippen LogP contribution in [-0.2, 0) is 0 Å². The van der Waals surface area contributed by atoms with Gasteiger partial charge < -0.3 is 0 Å². The predicted octanol–water partition coefficient (Wildman–Crippen LogP) is 5.42. The first-order chi connectivity index (χ1) is 6.76. The van der Waals surface area contributed by atoms with Crippen molar-refractivity contribution in [3.05, 3.63) is 0 Å². The van der Waals surface area contributed by atoms with Gasteiger partial charge in [0.1, 0.15) is 0 Å². The maximum Gasteiger partial charge on any atom is -0.0388 e. The monoisotopic (exact) mass is 198 g/mol. The van der Waals surface area contributed by atoms with Gasteiger partial charge in [-0.25, -0.2) is 0 Å². The van der Waals surface area contributed by atoms with Gasteiger partial charge in [0, 0.05) is 0 Å². The van der Waals surface area contributed by atoms with Crippen molar-refractivity contribution in [3.8, 4) is 0 Å². The molecule has 1 atom stereocenters. The Bertz CT molecular complexity index is 98.6. The zero-order valence-corrected chi connectivity index (χ0v) is 10.8. The van der Waals surface area contributed by atoms with Crippen molar-refractivity contribution in [1.82, 2.24) is 0 Å². The lowest BCUT2D eigenvalue weighted by molar-refractivity contribution is 0.284. The second-order valence-corrected chi connectivity index (χ2v) is 4.81. The molecule has 1 unspecified atom stereocenters. The molecule has 0 fully saturated rings. The van der Waals surface area contributed by atoms with Gasteiger partial charge in [-0.05, 0) is 11.8 Å². The van der Waals surface area contributed by atoms with Gasteiger partial charge in [0.25, 0.3) is 0 Å². The normalized spacial score (nSPS) is 13.5. The first-order valence-electron chi connectivity index (χ1n) is 6.76. The molecule has 0 aromatic heterocycles. The Morgan fingerprint density at radius 1 is 0.714 bits per heavy atom. The van der Waals surface area contributed by atoms with E-state index in [9.17, 15) is 0 Å². The highest BCUT2D eigenvalue weighted by Gasteiger charge is 2.15. The third-order valence-electron chi connectivity index (χ3n) is 3.41. The van der Waals surface area contributed by atoms with Crippen molar-refractivity contribution in [1.29, 1.82) is 0 Å². The van der Waals surface area contributed by atoms with E-state index in [-0.39, 0.29) is 0 Å². The average molecular weight is 198 g/mol. The van der Waals surface area contributed by atoms with Gasteiger partial charge in [-0.3, -0.25) is 0 Å². The Hall–Kier alpha value is 0. The molecular formula is C14H30. The Morgan fingerprint density at radius 3 is 1.57 bits per heavy atom. The quantitative estimate of drug-likeness (QED) is 0.464. The zero-order chi connectivity index (χ0) is 10.8. The molecule has 0 radical (unpaired) electrons. The SMILES string of the molecule is CCCCC(CCCC)C(C)CCC. The van der Waals surface area contributed by atoms with Crippen LogP contribution in [0.15, 0.2) is 0 Å². The van der Waals surface area contributed by atoms with Gasteiger partial charge in [-0.1, -0.05) is 79.1 Å². The Labute approximate surface area is 91.5 Å². The molecule has 0 heterocycles. The van der Waals surface area contributed by atoms with E-state index in [2.05, 4.69) is 27.7 Å². The molecule has 0 aliphatic heterocycles. The molecule has 0 bridgehead atoms. The summed E-state index contributed by atoms with van der Waals surface area (Å²) in [7, 11) is 0. The van der Waals surface area contributed by atoms with Gasteiger partial charge in [0.15, 0.2) is 0 Å². The van der Waals surface area contributed by atoms with Crippen LogP contribution >= 0.6 is 0 Å². The number of hydrogen-bond donors (Lipinski definition) is 0. The van der Waals surface area contributed by atoms with Crippen LogP contribution in [0.1, 0.15) is 79.1 Å². The van der Waals surface area contributed by atoms with Gasteiger partial charge in [-0.2, -0.15) is 0 Å². The largest absolute Gasteiger partial charge is 0.0654 e. The van der Waals surface area contributed by atoms with E-state index < -0.39 is 0 Å². The highest BCUT2D eigenvalue weighted by atomic mass is 14.2. The summed E-state index contributed by atoms with van der Waals surface area (Å²) in [6.45, 7) is 9.38. The first kappa shape index (κ1) is 14.0. The van der Waals surface area contributed by atoms with Crippen LogP contribution in [0.2, 0.25) is 0 Å². The molecule has 0 saturated carbocycles. The molecular weight excluding hydrogens is 168 g/mol. The number of hydrogen-bond acceptors (Lipinski definition) is 0. The van der Waals surface area contributed by atoms with Crippen LogP contribution in [0.3, 0.4) is 0 Å². The van der Waals surface area contributed by atoms with Crippen LogP contribution in [0.4, 0.5) is 0 Å². The fourth-order valence-electron chi connectivity index (χ4n) is 2.34. The van der Waals surface area contributed by atoms with E-state index in [4.69, 9.17) is 0 Å². The van der Waals surface area contributed by atoms with Crippen LogP contribution in [0.5, 0.6) is 0 Å². The summed E-state index contributed by atoms with van der Waals surface area (Å²) < 4.78 is 0. The third-order valence-corrected chi connectivity index (χ3v) is 3.41. The maximum atomic E-state index is 2.46. The van der Waals surface area contributed by atoms with Crippen LogP contribution in [-0.4, -0.2) is 0 Å². The van der Waals surface area contributed by atoms with E-state index in [1.807, 2.05) is 0 Å². The maximum absolute atomic E-state index is 2.46. The molecule has 0 spiro atoms. The summed E-state index contributed by atoms with van der Waals surface area (Å²) in [6, 6.07) is 0. The second-order valence-electron chi connectivity index (χ2n) is 4.81. The summed E-state index contributed by atoms with van der Waals surface area (Å²) >= 11 is 0. The number of rotatable bonds is 9. The lowest BCUT2D eigenvalue weighted by Crippen LogP contribution is -2.11. The summed E-state index contributed by atoms with van der Waals surface area (Å²) in [5, 5.41) is 0. The third kappa shape index (κ3) is 6.45. The minimum Gasteiger partial charge on any atom is -0.0654 e. The van der Waals surface area contributed by atoms with Crippen LogP contribution in [0, 0.1) is 11.8 Å². The molecule has 0 saturated heterocycles. The van der Waals surface area contributed by atoms with Crippen molar-refractivity contribution < 1.29 is 0 Å². The van der Waals surface area contributed by atoms with E-state index in [0.717, 1.165) is 11.8 Å². The Morgan fingerprint density at radius 2 is 1.21 bits per heavy atom. The zero-order valence-electron chi connectivity index (χ0n) is 10.8. The molecule has 0 aliphatic rings. The van der Waals surface area contributed by atoms with Gasteiger partial charge >= 0.3 is 0 Å². The number of unbranched alkanes of at least 4 members (excludes halogenated alkanes) is 2. The van der Waals surface area contributed by atoms with Crippen molar-refractivity contribution in [2.75, 3.05) is 0 Å². The summed E-state index contributed by atoms with van der Waals surface area (Å²) in [5.74, 6) is 1.97. The van der Waals surface area contributed by atoms with Gasteiger partial charge in [-0.15, -0.1) is 0 Å². The second kappa shape index (κ2) is 9.55. The average Bonchev–Trinajstić information content (AvgIpc) is 2.18. The predicted molar refractivity (Wildman–Crippen MR) is 66.6 cm³/mol. The molecule has 14 heavy (non-hydrogen) atoms. The minimum absolute atomic E-state index is 0.957. The molecule has 0 rings (SSSR count). The summed E-state index contributed by atoms with van der Waals surface area (Å²) in [4.78, 5) is 0. The summed E-state index contributed by atoms with van der Waals surface area (Å²) in [6.07, 6.45) is 11.3. The van der Waals surface area contributed by atoms with Crippen molar-refractivity contribution >= 4 is 0 Å². The van der Waals surface area contributed by atoms with E-state index in [0.29, 0.717) is 0 Å². The molecule has 0 aliphatic carbocycles. The fraction of sp³-hybridized carbons (Fsp3) is 1.00. The van der Waals surface area contributed by atoms with Gasteiger partial charge in [0.2, 0.25) is 0 Å². The van der Waals surface area contributed by atoms with E-state index in [1.54, 1.807) is 0 Å². The van der Waals surface area contributed by atoms with E-state index >= 15 is 0 Å². The van der Waals surface area contributed by atoms with Crippen molar-refractivity contribution in [3.63, 3.8) is 0 Å². The minimum atomic E-state index is 0.957. The molecule has 0 aromatic rings. The molecule has 0 nitrogen and oxygen atoms in total. The standard InChI is InChI=1S/C14H30/c1-5-8-11-14(12-9-6-2)13(4)10-7-3/h13-14H,5-12H2,1-4H3. The molecule has 0 heteroatoms.